The maximum absolute atomic E-state index is 11.3. The molecule has 112 valence electrons. The molecule has 5 heteroatoms. The van der Waals surface area contributed by atoms with Crippen LogP contribution in [0.1, 0.15) is 36.0 Å². The Morgan fingerprint density at radius 1 is 1.19 bits per heavy atom. The quantitative estimate of drug-likeness (QED) is 0.919. The summed E-state index contributed by atoms with van der Waals surface area (Å²) in [4.78, 5) is 11.3. The second-order valence-corrected chi connectivity index (χ2v) is 6.07. The summed E-state index contributed by atoms with van der Waals surface area (Å²) in [5.74, 6) is 1.72. The summed E-state index contributed by atoms with van der Waals surface area (Å²) in [5, 5.41) is 9.25. The molecule has 3 aliphatic rings. The van der Waals surface area contributed by atoms with Crippen molar-refractivity contribution in [3.63, 3.8) is 0 Å². The average molecular weight is 290 g/mol. The van der Waals surface area contributed by atoms with Gasteiger partial charge in [0.25, 0.3) is 0 Å². The number of carbonyl (C=O) groups is 1. The van der Waals surface area contributed by atoms with Crippen LogP contribution in [0.25, 0.3) is 0 Å². The monoisotopic (exact) mass is 290 g/mol. The minimum atomic E-state index is -0.747. The lowest BCUT2D eigenvalue weighted by Gasteiger charge is -2.22. The van der Waals surface area contributed by atoms with E-state index in [-0.39, 0.29) is 11.8 Å². The molecule has 2 aliphatic heterocycles. The van der Waals surface area contributed by atoms with Crippen molar-refractivity contribution in [1.82, 2.24) is 0 Å². The van der Waals surface area contributed by atoms with Gasteiger partial charge in [-0.15, -0.1) is 0 Å². The van der Waals surface area contributed by atoms with Gasteiger partial charge in [0.1, 0.15) is 5.75 Å². The van der Waals surface area contributed by atoms with Crippen LogP contribution in [0.4, 0.5) is 0 Å². The highest BCUT2D eigenvalue weighted by Crippen LogP contribution is 2.61. The molecule has 0 spiro atoms. The number of ether oxygens (including phenoxy) is 3. The number of hydrogen-bond donors (Lipinski definition) is 1. The van der Waals surface area contributed by atoms with E-state index in [0.29, 0.717) is 13.2 Å². The summed E-state index contributed by atoms with van der Waals surface area (Å²) in [6.45, 7) is 1.26. The van der Waals surface area contributed by atoms with Crippen LogP contribution in [-0.4, -0.2) is 31.4 Å². The highest BCUT2D eigenvalue weighted by atomic mass is 16.5. The van der Waals surface area contributed by atoms with E-state index in [0.717, 1.165) is 59.6 Å². The third-order valence-electron chi connectivity index (χ3n) is 4.83. The lowest BCUT2D eigenvalue weighted by Crippen LogP contribution is -2.16. The van der Waals surface area contributed by atoms with Crippen molar-refractivity contribution in [3.05, 3.63) is 16.7 Å². The number of aliphatic carboxylic acids is 1. The van der Waals surface area contributed by atoms with E-state index < -0.39 is 5.97 Å². The highest BCUT2D eigenvalue weighted by Gasteiger charge is 2.51. The van der Waals surface area contributed by atoms with Gasteiger partial charge in [-0.2, -0.15) is 0 Å². The maximum Gasteiger partial charge on any atom is 0.304 e. The van der Waals surface area contributed by atoms with Gasteiger partial charge in [-0.1, -0.05) is 0 Å². The van der Waals surface area contributed by atoms with Crippen LogP contribution < -0.4 is 14.2 Å². The predicted molar refractivity (Wildman–Crippen MR) is 74.6 cm³/mol. The zero-order valence-corrected chi connectivity index (χ0v) is 12.0. The van der Waals surface area contributed by atoms with E-state index in [4.69, 9.17) is 14.2 Å². The fourth-order valence-corrected chi connectivity index (χ4v) is 3.80. The van der Waals surface area contributed by atoms with Gasteiger partial charge >= 0.3 is 5.97 Å². The van der Waals surface area contributed by atoms with Crippen molar-refractivity contribution in [2.45, 2.75) is 37.5 Å². The fourth-order valence-electron chi connectivity index (χ4n) is 3.80. The minimum Gasteiger partial charge on any atom is -0.492 e. The van der Waals surface area contributed by atoms with Crippen molar-refractivity contribution in [1.29, 1.82) is 0 Å². The van der Waals surface area contributed by atoms with Crippen molar-refractivity contribution in [3.8, 4) is 17.2 Å². The summed E-state index contributed by atoms with van der Waals surface area (Å²) in [6, 6.07) is 0. The summed E-state index contributed by atoms with van der Waals surface area (Å²) in [5.41, 5.74) is 2.98. The van der Waals surface area contributed by atoms with Crippen molar-refractivity contribution >= 4 is 5.97 Å². The van der Waals surface area contributed by atoms with Crippen LogP contribution in [0, 0.1) is 0 Å². The van der Waals surface area contributed by atoms with Crippen LogP contribution >= 0.6 is 0 Å². The van der Waals surface area contributed by atoms with Gasteiger partial charge in [-0.3, -0.25) is 4.79 Å². The average Bonchev–Trinajstić information content (AvgIpc) is 2.89. The van der Waals surface area contributed by atoms with E-state index >= 15 is 0 Å². The van der Waals surface area contributed by atoms with E-state index in [2.05, 4.69) is 0 Å². The Morgan fingerprint density at radius 3 is 2.48 bits per heavy atom. The Hall–Kier alpha value is -1.91. The molecule has 5 nitrogen and oxygen atoms in total. The first-order chi connectivity index (χ1) is 10.2. The van der Waals surface area contributed by atoms with Crippen molar-refractivity contribution in [2.75, 3.05) is 20.3 Å². The number of fused-ring (bicyclic) bond motifs is 2. The third kappa shape index (κ3) is 1.73. The van der Waals surface area contributed by atoms with Gasteiger partial charge in [-0.05, 0) is 12.8 Å². The number of carboxylic acid groups (broad SMARTS) is 1. The Bertz CT molecular complexity index is 595. The molecule has 1 aromatic carbocycles. The second kappa shape index (κ2) is 4.29. The molecule has 0 atom stereocenters. The van der Waals surface area contributed by atoms with Crippen molar-refractivity contribution < 1.29 is 24.1 Å². The standard InChI is InChI=1S/C16H18O5/c1-19-14-10-3-7-20-13(10)12(9-2-6-21-15(9)14)16(4-5-16)8-11(17)18/h2-8H2,1H3,(H,17,18). The number of hydrogen-bond acceptors (Lipinski definition) is 4. The topological polar surface area (TPSA) is 65.0 Å². The Morgan fingerprint density at radius 2 is 1.86 bits per heavy atom. The number of rotatable bonds is 4. The van der Waals surface area contributed by atoms with Gasteiger partial charge in [-0.25, -0.2) is 0 Å². The predicted octanol–water partition coefficient (Wildman–Crippen LogP) is 2.07. The lowest BCUT2D eigenvalue weighted by atomic mass is 9.84. The molecular weight excluding hydrogens is 272 g/mol. The molecule has 0 unspecified atom stereocenters. The zero-order chi connectivity index (χ0) is 14.6. The maximum atomic E-state index is 11.3. The Kier molecular flexibility index (Phi) is 2.62. The summed E-state index contributed by atoms with van der Waals surface area (Å²) >= 11 is 0. The normalized spacial score (nSPS) is 20.2. The molecule has 1 saturated carbocycles. The summed E-state index contributed by atoms with van der Waals surface area (Å²) in [7, 11) is 1.65. The lowest BCUT2D eigenvalue weighted by molar-refractivity contribution is -0.137. The molecule has 1 aliphatic carbocycles. The highest BCUT2D eigenvalue weighted by molar-refractivity contribution is 5.74. The van der Waals surface area contributed by atoms with Gasteiger partial charge in [0.2, 0.25) is 0 Å². The van der Waals surface area contributed by atoms with E-state index in [1.165, 1.54) is 0 Å². The zero-order valence-electron chi connectivity index (χ0n) is 12.0. The molecule has 1 aromatic rings. The largest absolute Gasteiger partial charge is 0.492 e. The first kappa shape index (κ1) is 12.8. The molecular formula is C16H18O5. The second-order valence-electron chi connectivity index (χ2n) is 6.07. The minimum absolute atomic E-state index is 0.168. The smallest absolute Gasteiger partial charge is 0.304 e. The van der Waals surface area contributed by atoms with Gasteiger partial charge in [0, 0.05) is 34.9 Å². The van der Waals surface area contributed by atoms with Gasteiger partial charge in [0.05, 0.1) is 26.7 Å². The first-order valence-corrected chi connectivity index (χ1v) is 7.40. The van der Waals surface area contributed by atoms with Gasteiger partial charge in [0.15, 0.2) is 11.5 Å². The molecule has 0 radical (unpaired) electrons. The van der Waals surface area contributed by atoms with Crippen LogP contribution in [0.15, 0.2) is 0 Å². The SMILES string of the molecule is COc1c2c(c(C3(CC(=O)O)CC3)c3c1OCC3)OCC2. The van der Waals surface area contributed by atoms with Crippen LogP contribution in [0.3, 0.4) is 0 Å². The molecule has 0 bridgehead atoms. The molecule has 0 saturated heterocycles. The van der Waals surface area contributed by atoms with Crippen molar-refractivity contribution in [2.24, 2.45) is 0 Å². The number of methoxy groups -OCH3 is 1. The fraction of sp³-hybridized carbons (Fsp3) is 0.562. The molecule has 0 aromatic heterocycles. The van der Waals surface area contributed by atoms with E-state index in [1.807, 2.05) is 0 Å². The van der Waals surface area contributed by atoms with Crippen LogP contribution in [-0.2, 0) is 23.1 Å². The van der Waals surface area contributed by atoms with Gasteiger partial charge < -0.3 is 19.3 Å². The molecule has 21 heavy (non-hydrogen) atoms. The number of benzene rings is 1. The summed E-state index contributed by atoms with van der Waals surface area (Å²) < 4.78 is 17.2. The summed E-state index contributed by atoms with van der Waals surface area (Å²) in [6.07, 6.45) is 3.59. The van der Waals surface area contributed by atoms with E-state index in [9.17, 15) is 9.90 Å². The first-order valence-electron chi connectivity index (χ1n) is 7.40. The number of carboxylic acids is 1. The third-order valence-corrected chi connectivity index (χ3v) is 4.83. The molecule has 4 rings (SSSR count). The molecule has 0 amide bonds. The molecule has 1 fully saturated rings. The van der Waals surface area contributed by atoms with Crippen LogP contribution in [0.2, 0.25) is 0 Å². The molecule has 2 heterocycles. The molecule has 1 N–H and O–H groups in total. The Labute approximate surface area is 122 Å². The van der Waals surface area contributed by atoms with Crippen LogP contribution in [0.5, 0.6) is 17.2 Å². The van der Waals surface area contributed by atoms with E-state index in [1.54, 1.807) is 7.11 Å². The Balaban J connectivity index is 1.94.